The molecule has 0 aliphatic heterocycles. The lowest BCUT2D eigenvalue weighted by Gasteiger charge is -2.08. The molecule has 2 rings (SSSR count). The number of thiazole rings is 1. The number of hydrogen-bond acceptors (Lipinski definition) is 4. The van der Waals surface area contributed by atoms with Gasteiger partial charge in [0, 0.05) is 23.5 Å². The maximum Gasteiger partial charge on any atom is 0.0794 e. The number of aryl methyl sites for hydroxylation is 1. The predicted molar refractivity (Wildman–Crippen MR) is 59.6 cm³/mol. The van der Waals surface area contributed by atoms with Crippen LogP contribution in [0.2, 0.25) is 0 Å². The van der Waals surface area contributed by atoms with E-state index in [4.69, 9.17) is 0 Å². The molecular formula is C11H12N2OS. The van der Waals surface area contributed by atoms with Gasteiger partial charge in [-0.1, -0.05) is 0 Å². The van der Waals surface area contributed by atoms with Crippen molar-refractivity contribution in [3.8, 4) is 0 Å². The third kappa shape index (κ3) is 2.84. The number of pyridine rings is 1. The van der Waals surface area contributed by atoms with E-state index in [2.05, 4.69) is 9.97 Å². The van der Waals surface area contributed by atoms with Crippen LogP contribution in [0.5, 0.6) is 0 Å². The van der Waals surface area contributed by atoms with Crippen molar-refractivity contribution in [2.75, 3.05) is 0 Å². The van der Waals surface area contributed by atoms with Crippen molar-refractivity contribution in [1.82, 2.24) is 9.97 Å². The number of nitrogens with zero attached hydrogens (tertiary/aromatic N) is 2. The summed E-state index contributed by atoms with van der Waals surface area (Å²) in [6, 6.07) is 3.69. The van der Waals surface area contributed by atoms with Crippen LogP contribution in [-0.2, 0) is 6.42 Å². The van der Waals surface area contributed by atoms with Gasteiger partial charge in [0.15, 0.2) is 0 Å². The van der Waals surface area contributed by atoms with Crippen LogP contribution < -0.4 is 0 Å². The van der Waals surface area contributed by atoms with Gasteiger partial charge in [-0.2, -0.15) is 0 Å². The maximum atomic E-state index is 9.88. The molecule has 0 aliphatic carbocycles. The zero-order valence-corrected chi connectivity index (χ0v) is 9.02. The first-order valence-electron chi connectivity index (χ1n) is 4.81. The van der Waals surface area contributed by atoms with Gasteiger partial charge in [-0.15, -0.1) is 11.3 Å². The lowest BCUT2D eigenvalue weighted by atomic mass is 10.1. The molecule has 2 aromatic heterocycles. The van der Waals surface area contributed by atoms with Gasteiger partial charge in [0.2, 0.25) is 0 Å². The Morgan fingerprint density at radius 2 is 2.07 bits per heavy atom. The summed E-state index contributed by atoms with van der Waals surface area (Å²) in [5.41, 5.74) is 2.74. The highest BCUT2D eigenvalue weighted by Gasteiger charge is 2.07. The van der Waals surface area contributed by atoms with E-state index in [1.54, 1.807) is 23.7 Å². The van der Waals surface area contributed by atoms with Crippen LogP contribution in [0.25, 0.3) is 0 Å². The Morgan fingerprint density at radius 3 is 2.73 bits per heavy atom. The van der Waals surface area contributed by atoms with Crippen molar-refractivity contribution in [1.29, 1.82) is 0 Å². The predicted octanol–water partition coefficient (Wildman–Crippen LogP) is 2.20. The molecule has 0 amide bonds. The minimum absolute atomic E-state index is 0.407. The number of aliphatic hydroxyl groups is 1. The first-order valence-corrected chi connectivity index (χ1v) is 5.69. The SMILES string of the molecule is OC(CCc1cncs1)c1ccncc1. The molecule has 0 fully saturated rings. The molecule has 1 atom stereocenters. The van der Waals surface area contributed by atoms with Crippen LogP contribution in [0, 0.1) is 0 Å². The van der Waals surface area contributed by atoms with Crippen molar-refractivity contribution in [3.63, 3.8) is 0 Å². The normalized spacial score (nSPS) is 12.6. The molecule has 3 nitrogen and oxygen atoms in total. The minimum atomic E-state index is -0.407. The van der Waals surface area contributed by atoms with E-state index in [-0.39, 0.29) is 0 Å². The fourth-order valence-electron chi connectivity index (χ4n) is 1.40. The Hall–Kier alpha value is -1.26. The van der Waals surface area contributed by atoms with Gasteiger partial charge < -0.3 is 5.11 Å². The van der Waals surface area contributed by atoms with Crippen molar-refractivity contribution >= 4 is 11.3 Å². The summed E-state index contributed by atoms with van der Waals surface area (Å²) in [6.07, 6.45) is 6.44. The minimum Gasteiger partial charge on any atom is -0.388 e. The van der Waals surface area contributed by atoms with E-state index >= 15 is 0 Å². The molecule has 0 radical (unpaired) electrons. The van der Waals surface area contributed by atoms with Gasteiger partial charge in [0.1, 0.15) is 0 Å². The second-order valence-electron chi connectivity index (χ2n) is 3.30. The zero-order valence-electron chi connectivity index (χ0n) is 8.21. The van der Waals surface area contributed by atoms with Gasteiger partial charge in [-0.25, -0.2) is 0 Å². The van der Waals surface area contributed by atoms with Crippen molar-refractivity contribution in [2.24, 2.45) is 0 Å². The summed E-state index contributed by atoms with van der Waals surface area (Å²) in [5, 5.41) is 9.88. The van der Waals surface area contributed by atoms with Crippen molar-refractivity contribution in [2.45, 2.75) is 18.9 Å². The van der Waals surface area contributed by atoms with E-state index in [9.17, 15) is 5.11 Å². The molecule has 0 saturated heterocycles. The molecule has 1 N–H and O–H groups in total. The Morgan fingerprint density at radius 1 is 1.27 bits per heavy atom. The first-order chi connectivity index (χ1) is 7.36. The van der Waals surface area contributed by atoms with E-state index in [1.165, 1.54) is 4.88 Å². The topological polar surface area (TPSA) is 46.0 Å². The Bertz CT molecular complexity index is 388. The molecule has 78 valence electrons. The van der Waals surface area contributed by atoms with Crippen molar-refractivity contribution in [3.05, 3.63) is 46.7 Å². The van der Waals surface area contributed by atoms with Crippen LogP contribution in [-0.4, -0.2) is 15.1 Å². The molecule has 2 aromatic rings. The Labute approximate surface area is 92.5 Å². The molecule has 15 heavy (non-hydrogen) atoms. The largest absolute Gasteiger partial charge is 0.388 e. The molecule has 0 saturated carbocycles. The molecule has 0 aliphatic rings. The van der Waals surface area contributed by atoms with Gasteiger partial charge in [-0.3, -0.25) is 9.97 Å². The van der Waals surface area contributed by atoms with Crippen LogP contribution >= 0.6 is 11.3 Å². The van der Waals surface area contributed by atoms with Gasteiger partial charge >= 0.3 is 0 Å². The lowest BCUT2D eigenvalue weighted by molar-refractivity contribution is 0.168. The fraction of sp³-hybridized carbons (Fsp3) is 0.273. The zero-order chi connectivity index (χ0) is 10.5. The third-order valence-electron chi connectivity index (χ3n) is 2.24. The molecule has 4 heteroatoms. The lowest BCUT2D eigenvalue weighted by Crippen LogP contribution is -1.98. The van der Waals surface area contributed by atoms with E-state index in [0.717, 1.165) is 18.4 Å². The third-order valence-corrected chi connectivity index (χ3v) is 3.08. The average molecular weight is 220 g/mol. The van der Waals surface area contributed by atoms with Crippen LogP contribution in [0.4, 0.5) is 0 Å². The van der Waals surface area contributed by atoms with Crippen LogP contribution in [0.15, 0.2) is 36.2 Å². The highest BCUT2D eigenvalue weighted by Crippen LogP contribution is 2.19. The second kappa shape index (κ2) is 5.00. The quantitative estimate of drug-likeness (QED) is 0.859. The summed E-state index contributed by atoms with van der Waals surface area (Å²) in [6.45, 7) is 0. The summed E-state index contributed by atoms with van der Waals surface area (Å²) in [7, 11) is 0. The summed E-state index contributed by atoms with van der Waals surface area (Å²) >= 11 is 1.63. The van der Waals surface area contributed by atoms with Crippen molar-refractivity contribution < 1.29 is 5.11 Å². The summed E-state index contributed by atoms with van der Waals surface area (Å²) < 4.78 is 0. The molecular weight excluding hydrogens is 208 g/mol. The van der Waals surface area contributed by atoms with E-state index in [0.29, 0.717) is 0 Å². The average Bonchev–Trinajstić information content (AvgIpc) is 2.80. The van der Waals surface area contributed by atoms with Gasteiger partial charge in [0.05, 0.1) is 11.6 Å². The smallest absolute Gasteiger partial charge is 0.0794 e. The molecule has 1 unspecified atom stereocenters. The van der Waals surface area contributed by atoms with Gasteiger partial charge in [-0.05, 0) is 30.5 Å². The molecule has 0 spiro atoms. The number of aliphatic hydroxyl groups excluding tert-OH is 1. The highest BCUT2D eigenvalue weighted by atomic mass is 32.1. The maximum absolute atomic E-state index is 9.88. The Balaban J connectivity index is 1.90. The Kier molecular flexibility index (Phi) is 3.42. The number of aromatic nitrogens is 2. The highest BCUT2D eigenvalue weighted by molar-refractivity contribution is 7.09. The number of rotatable bonds is 4. The molecule has 0 bridgehead atoms. The van der Waals surface area contributed by atoms with Crippen LogP contribution in [0.1, 0.15) is 23.0 Å². The fourth-order valence-corrected chi connectivity index (χ4v) is 2.01. The van der Waals surface area contributed by atoms with E-state index in [1.807, 2.05) is 23.8 Å². The van der Waals surface area contributed by atoms with E-state index < -0.39 is 6.10 Å². The number of hydrogen-bond donors (Lipinski definition) is 1. The molecule has 2 heterocycles. The second-order valence-corrected chi connectivity index (χ2v) is 4.27. The summed E-state index contributed by atoms with van der Waals surface area (Å²) in [5.74, 6) is 0. The molecule has 0 aromatic carbocycles. The van der Waals surface area contributed by atoms with Crippen LogP contribution in [0.3, 0.4) is 0 Å². The first kappa shape index (κ1) is 10.3. The van der Waals surface area contributed by atoms with Gasteiger partial charge in [0.25, 0.3) is 0 Å². The standard InChI is InChI=1S/C11H12N2OS/c14-11(9-3-5-12-6-4-9)2-1-10-7-13-8-15-10/h3-8,11,14H,1-2H2. The monoisotopic (exact) mass is 220 g/mol. The summed E-state index contributed by atoms with van der Waals surface area (Å²) in [4.78, 5) is 9.13.